The summed E-state index contributed by atoms with van der Waals surface area (Å²) in [6.07, 6.45) is 2.24. The molecule has 4 nitrogen and oxygen atoms in total. The van der Waals surface area contributed by atoms with Gasteiger partial charge in [0, 0.05) is 38.6 Å². The van der Waals surface area contributed by atoms with Crippen LogP contribution in [0.2, 0.25) is 0 Å². The van der Waals surface area contributed by atoms with Gasteiger partial charge in [-0.25, -0.2) is 0 Å². The van der Waals surface area contributed by atoms with Crippen molar-refractivity contribution in [3.8, 4) is 0 Å². The SMILES string of the molecule is CN(C)c1ccc(N)cc1C(=O)N1CCCC(C)(C)C1. The lowest BCUT2D eigenvalue weighted by Crippen LogP contribution is -2.43. The molecule has 0 atom stereocenters. The Labute approximate surface area is 121 Å². The van der Waals surface area contributed by atoms with Crippen molar-refractivity contribution >= 4 is 17.3 Å². The minimum Gasteiger partial charge on any atom is -0.399 e. The molecule has 20 heavy (non-hydrogen) atoms. The van der Waals surface area contributed by atoms with Gasteiger partial charge in [0.2, 0.25) is 0 Å². The van der Waals surface area contributed by atoms with Gasteiger partial charge in [-0.15, -0.1) is 0 Å². The molecule has 2 rings (SSSR count). The fraction of sp³-hybridized carbons (Fsp3) is 0.562. The van der Waals surface area contributed by atoms with Crippen molar-refractivity contribution in [3.63, 3.8) is 0 Å². The summed E-state index contributed by atoms with van der Waals surface area (Å²) < 4.78 is 0. The highest BCUT2D eigenvalue weighted by Gasteiger charge is 2.30. The van der Waals surface area contributed by atoms with Gasteiger partial charge in [0.05, 0.1) is 5.56 Å². The van der Waals surface area contributed by atoms with Crippen molar-refractivity contribution in [1.29, 1.82) is 0 Å². The third-order valence-electron chi connectivity index (χ3n) is 3.92. The molecule has 0 aromatic heterocycles. The number of carbonyl (C=O) groups is 1. The minimum atomic E-state index is 0.0915. The third-order valence-corrected chi connectivity index (χ3v) is 3.92. The minimum absolute atomic E-state index is 0.0915. The summed E-state index contributed by atoms with van der Waals surface area (Å²) in [6, 6.07) is 5.54. The van der Waals surface area contributed by atoms with E-state index in [9.17, 15) is 4.79 Å². The number of amides is 1. The fourth-order valence-corrected chi connectivity index (χ4v) is 2.88. The van der Waals surface area contributed by atoms with Crippen LogP contribution in [0.4, 0.5) is 11.4 Å². The molecular formula is C16H25N3O. The van der Waals surface area contributed by atoms with Gasteiger partial charge in [-0.2, -0.15) is 0 Å². The summed E-state index contributed by atoms with van der Waals surface area (Å²) in [7, 11) is 3.89. The molecule has 0 spiro atoms. The van der Waals surface area contributed by atoms with Crippen molar-refractivity contribution in [1.82, 2.24) is 4.90 Å². The zero-order chi connectivity index (χ0) is 14.9. The molecule has 1 amide bonds. The zero-order valence-corrected chi connectivity index (χ0v) is 12.9. The number of hydrogen-bond donors (Lipinski definition) is 1. The molecule has 110 valence electrons. The second-order valence-electron chi connectivity index (χ2n) is 6.67. The van der Waals surface area contributed by atoms with Gasteiger partial charge in [-0.05, 0) is 36.5 Å². The molecule has 0 saturated carbocycles. The lowest BCUT2D eigenvalue weighted by molar-refractivity contribution is 0.0584. The molecule has 2 N–H and O–H groups in total. The van der Waals surface area contributed by atoms with E-state index in [2.05, 4.69) is 13.8 Å². The number of likely N-dealkylation sites (tertiary alicyclic amines) is 1. The highest BCUT2D eigenvalue weighted by molar-refractivity contribution is 6.00. The van der Waals surface area contributed by atoms with Crippen LogP contribution in [0.5, 0.6) is 0 Å². The quantitative estimate of drug-likeness (QED) is 0.844. The molecule has 0 radical (unpaired) electrons. The highest BCUT2D eigenvalue weighted by atomic mass is 16.2. The molecule has 4 heteroatoms. The normalized spacial score (nSPS) is 17.9. The van der Waals surface area contributed by atoms with Crippen molar-refractivity contribution in [2.45, 2.75) is 26.7 Å². The first kappa shape index (κ1) is 14.7. The maximum absolute atomic E-state index is 12.8. The van der Waals surface area contributed by atoms with Crippen LogP contribution in [0.1, 0.15) is 37.0 Å². The summed E-state index contributed by atoms with van der Waals surface area (Å²) in [5.41, 5.74) is 8.32. The Balaban J connectivity index is 2.31. The molecule has 0 unspecified atom stereocenters. The first-order valence-corrected chi connectivity index (χ1v) is 7.16. The molecule has 1 aromatic carbocycles. The summed E-state index contributed by atoms with van der Waals surface area (Å²) in [5, 5.41) is 0. The number of hydrogen-bond acceptors (Lipinski definition) is 3. The van der Waals surface area contributed by atoms with Crippen LogP contribution in [0.15, 0.2) is 18.2 Å². The maximum atomic E-state index is 12.8. The first-order chi connectivity index (χ1) is 9.30. The Kier molecular flexibility index (Phi) is 3.93. The van der Waals surface area contributed by atoms with Crippen LogP contribution in [0.3, 0.4) is 0 Å². The molecule has 1 aliphatic heterocycles. The van der Waals surface area contributed by atoms with Gasteiger partial charge in [-0.1, -0.05) is 13.8 Å². The van der Waals surface area contributed by atoms with E-state index in [0.717, 1.165) is 25.2 Å². The van der Waals surface area contributed by atoms with Crippen LogP contribution >= 0.6 is 0 Å². The Morgan fingerprint density at radius 3 is 2.65 bits per heavy atom. The number of anilines is 2. The van der Waals surface area contributed by atoms with Gasteiger partial charge >= 0.3 is 0 Å². The lowest BCUT2D eigenvalue weighted by atomic mass is 9.84. The van der Waals surface area contributed by atoms with Crippen molar-refractivity contribution < 1.29 is 4.79 Å². The number of piperidine rings is 1. The molecular weight excluding hydrogens is 250 g/mol. The molecule has 1 saturated heterocycles. The van der Waals surface area contributed by atoms with Crippen LogP contribution in [0.25, 0.3) is 0 Å². The molecule has 1 aliphatic rings. The van der Waals surface area contributed by atoms with Crippen LogP contribution < -0.4 is 10.6 Å². The largest absolute Gasteiger partial charge is 0.399 e. The second-order valence-corrected chi connectivity index (χ2v) is 6.67. The zero-order valence-electron chi connectivity index (χ0n) is 12.9. The van der Waals surface area contributed by atoms with Gasteiger partial charge in [0.1, 0.15) is 0 Å². The van der Waals surface area contributed by atoms with E-state index in [1.54, 1.807) is 6.07 Å². The van der Waals surface area contributed by atoms with Crippen LogP contribution in [-0.2, 0) is 0 Å². The van der Waals surface area contributed by atoms with Gasteiger partial charge in [0.25, 0.3) is 5.91 Å². The standard InChI is InChI=1S/C16H25N3O/c1-16(2)8-5-9-19(11-16)15(20)13-10-12(17)6-7-14(13)18(3)4/h6-7,10H,5,8-9,11,17H2,1-4H3. The molecule has 0 aliphatic carbocycles. The van der Waals surface area contributed by atoms with Gasteiger partial charge < -0.3 is 15.5 Å². The predicted molar refractivity (Wildman–Crippen MR) is 84.1 cm³/mol. The Morgan fingerprint density at radius 1 is 1.35 bits per heavy atom. The van der Waals surface area contributed by atoms with Crippen molar-refractivity contribution in [2.75, 3.05) is 37.8 Å². The first-order valence-electron chi connectivity index (χ1n) is 7.16. The molecule has 1 heterocycles. The average Bonchev–Trinajstić information content (AvgIpc) is 2.36. The van der Waals surface area contributed by atoms with E-state index in [0.29, 0.717) is 11.3 Å². The number of nitrogen functional groups attached to an aromatic ring is 1. The number of rotatable bonds is 2. The Bertz CT molecular complexity index is 508. The fourth-order valence-electron chi connectivity index (χ4n) is 2.88. The number of benzene rings is 1. The van der Waals surface area contributed by atoms with Gasteiger partial charge in [0.15, 0.2) is 0 Å². The van der Waals surface area contributed by atoms with Crippen LogP contribution in [-0.4, -0.2) is 38.0 Å². The summed E-state index contributed by atoms with van der Waals surface area (Å²) in [4.78, 5) is 16.7. The molecule has 1 fully saturated rings. The van der Waals surface area contributed by atoms with E-state index >= 15 is 0 Å². The Morgan fingerprint density at radius 2 is 2.05 bits per heavy atom. The van der Waals surface area contributed by atoms with E-state index in [1.165, 1.54) is 6.42 Å². The smallest absolute Gasteiger partial charge is 0.256 e. The maximum Gasteiger partial charge on any atom is 0.256 e. The van der Waals surface area contributed by atoms with Crippen LogP contribution in [0, 0.1) is 5.41 Å². The second kappa shape index (κ2) is 5.35. The van der Waals surface area contributed by atoms with E-state index in [1.807, 2.05) is 36.0 Å². The van der Waals surface area contributed by atoms with E-state index < -0.39 is 0 Å². The van der Waals surface area contributed by atoms with Crippen molar-refractivity contribution in [3.05, 3.63) is 23.8 Å². The summed E-state index contributed by atoms with van der Waals surface area (Å²) in [5.74, 6) is 0.0915. The number of nitrogens with two attached hydrogens (primary N) is 1. The van der Waals surface area contributed by atoms with E-state index in [-0.39, 0.29) is 11.3 Å². The van der Waals surface area contributed by atoms with Gasteiger partial charge in [-0.3, -0.25) is 4.79 Å². The average molecular weight is 275 g/mol. The topological polar surface area (TPSA) is 49.6 Å². The summed E-state index contributed by atoms with van der Waals surface area (Å²) >= 11 is 0. The monoisotopic (exact) mass is 275 g/mol. The predicted octanol–water partition coefficient (Wildman–Crippen LogP) is 2.60. The van der Waals surface area contributed by atoms with Crippen molar-refractivity contribution in [2.24, 2.45) is 5.41 Å². The van der Waals surface area contributed by atoms with E-state index in [4.69, 9.17) is 5.73 Å². The molecule has 1 aromatic rings. The number of nitrogens with zero attached hydrogens (tertiary/aromatic N) is 2. The summed E-state index contributed by atoms with van der Waals surface area (Å²) in [6.45, 7) is 6.09. The third kappa shape index (κ3) is 3.06. The lowest BCUT2D eigenvalue weighted by Gasteiger charge is -2.38. The molecule has 0 bridgehead atoms. The number of carbonyl (C=O) groups excluding carboxylic acids is 1. The Hall–Kier alpha value is -1.71. The highest BCUT2D eigenvalue weighted by Crippen LogP contribution is 2.31.